The summed E-state index contributed by atoms with van der Waals surface area (Å²) in [6.07, 6.45) is 0.199. The minimum atomic E-state index is -0.558. The highest BCUT2D eigenvalue weighted by atomic mass is 16.1. The zero-order chi connectivity index (χ0) is 7.44. The third-order valence-electron chi connectivity index (χ3n) is 0.624. The first kappa shape index (κ1) is 7.41. The van der Waals surface area contributed by atoms with Crippen LogP contribution in [0.3, 0.4) is 0 Å². The van der Waals surface area contributed by atoms with Crippen LogP contribution in [0, 0.1) is 10.8 Å². The van der Waals surface area contributed by atoms with E-state index >= 15 is 0 Å². The van der Waals surface area contributed by atoms with Gasteiger partial charge >= 0.3 is 0 Å². The predicted molar refractivity (Wildman–Crippen MR) is 31.7 cm³/mol. The molecule has 0 spiro atoms. The standard InChI is InChI=1S/C3H7N5O/c4-2(5)8(1-9)3(6)7/h1H,(H3,4,5)(H3,6,7). The molecular weight excluding hydrogens is 122 g/mol. The summed E-state index contributed by atoms with van der Waals surface area (Å²) in [4.78, 5) is 10.4. The number of amides is 1. The molecule has 50 valence electrons. The minimum absolute atomic E-state index is 0.199. The fourth-order valence-corrected chi connectivity index (χ4v) is 0.243. The van der Waals surface area contributed by atoms with Crippen LogP contribution in [0.4, 0.5) is 0 Å². The van der Waals surface area contributed by atoms with Crippen molar-refractivity contribution in [2.45, 2.75) is 0 Å². The summed E-state index contributed by atoms with van der Waals surface area (Å²) in [5, 5.41) is 13.3. The molecule has 0 aromatic rings. The normalized spacial score (nSPS) is 8.00. The van der Waals surface area contributed by atoms with Gasteiger partial charge in [0.1, 0.15) is 0 Å². The molecule has 0 aliphatic heterocycles. The van der Waals surface area contributed by atoms with Gasteiger partial charge in [-0.1, -0.05) is 0 Å². The maximum Gasteiger partial charge on any atom is 0.223 e. The number of nitrogens with zero attached hydrogens (tertiary/aromatic N) is 1. The van der Waals surface area contributed by atoms with E-state index in [4.69, 9.17) is 22.3 Å². The predicted octanol–water partition coefficient (Wildman–Crippen LogP) is -1.77. The number of rotatable bonds is 1. The lowest BCUT2D eigenvalue weighted by molar-refractivity contribution is -0.112. The lowest BCUT2D eigenvalue weighted by Crippen LogP contribution is -2.43. The topological polar surface area (TPSA) is 120 Å². The Morgan fingerprint density at radius 1 is 1.33 bits per heavy atom. The molecule has 0 saturated heterocycles. The number of carbonyl (C=O) groups excluding carboxylic acids is 1. The summed E-state index contributed by atoms with van der Waals surface area (Å²) in [5.41, 5.74) is 9.61. The largest absolute Gasteiger partial charge is 0.369 e. The fraction of sp³-hybridized carbons (Fsp3) is 0. The average molecular weight is 129 g/mol. The van der Waals surface area contributed by atoms with E-state index in [0.717, 1.165) is 0 Å². The van der Waals surface area contributed by atoms with Crippen LogP contribution in [0.2, 0.25) is 0 Å². The van der Waals surface area contributed by atoms with E-state index in [9.17, 15) is 4.79 Å². The van der Waals surface area contributed by atoms with Crippen molar-refractivity contribution < 1.29 is 4.79 Å². The third kappa shape index (κ3) is 1.76. The zero-order valence-electron chi connectivity index (χ0n) is 4.59. The highest BCUT2D eigenvalue weighted by Gasteiger charge is 2.05. The van der Waals surface area contributed by atoms with Crippen LogP contribution in [0.15, 0.2) is 0 Å². The van der Waals surface area contributed by atoms with Crippen LogP contribution < -0.4 is 11.5 Å². The number of hydrogen-bond acceptors (Lipinski definition) is 3. The molecule has 6 heteroatoms. The van der Waals surface area contributed by atoms with E-state index in [1.165, 1.54) is 0 Å². The number of guanidine groups is 2. The first-order chi connectivity index (χ1) is 4.09. The number of carbonyl (C=O) groups is 1. The van der Waals surface area contributed by atoms with Gasteiger partial charge in [0.2, 0.25) is 18.3 Å². The minimum Gasteiger partial charge on any atom is -0.369 e. The van der Waals surface area contributed by atoms with Crippen LogP contribution in [0.1, 0.15) is 0 Å². The molecule has 0 radical (unpaired) electrons. The van der Waals surface area contributed by atoms with Crippen LogP contribution in [0.25, 0.3) is 0 Å². The van der Waals surface area contributed by atoms with E-state index in [-0.39, 0.29) is 6.41 Å². The van der Waals surface area contributed by atoms with Crippen molar-refractivity contribution in [1.29, 1.82) is 10.8 Å². The van der Waals surface area contributed by atoms with Gasteiger partial charge in [0.05, 0.1) is 0 Å². The van der Waals surface area contributed by atoms with Gasteiger partial charge in [-0.15, -0.1) is 0 Å². The Kier molecular flexibility index (Phi) is 2.18. The second-order valence-electron chi connectivity index (χ2n) is 1.25. The molecule has 0 unspecified atom stereocenters. The molecular formula is C3H7N5O. The Morgan fingerprint density at radius 3 is 1.67 bits per heavy atom. The van der Waals surface area contributed by atoms with Gasteiger partial charge in [0, 0.05) is 0 Å². The van der Waals surface area contributed by atoms with E-state index in [0.29, 0.717) is 4.90 Å². The molecule has 0 atom stereocenters. The van der Waals surface area contributed by atoms with E-state index in [2.05, 4.69) is 0 Å². The average Bonchev–Trinajstić information content (AvgIpc) is 1.64. The first-order valence-corrected chi connectivity index (χ1v) is 2.02. The van der Waals surface area contributed by atoms with Crippen molar-refractivity contribution in [2.24, 2.45) is 11.5 Å². The van der Waals surface area contributed by atoms with E-state index < -0.39 is 11.9 Å². The van der Waals surface area contributed by atoms with Crippen molar-refractivity contribution in [3.63, 3.8) is 0 Å². The summed E-state index contributed by atoms with van der Waals surface area (Å²) >= 11 is 0. The van der Waals surface area contributed by atoms with Gasteiger partial charge in [-0.3, -0.25) is 15.6 Å². The quantitative estimate of drug-likeness (QED) is 0.190. The molecule has 0 saturated carbocycles. The fourth-order valence-electron chi connectivity index (χ4n) is 0.243. The van der Waals surface area contributed by atoms with E-state index in [1.54, 1.807) is 0 Å². The summed E-state index contributed by atoms with van der Waals surface area (Å²) in [6.45, 7) is 0. The Morgan fingerprint density at radius 2 is 1.67 bits per heavy atom. The molecule has 1 amide bonds. The molecule has 0 aliphatic rings. The second kappa shape index (κ2) is 2.65. The Balaban J connectivity index is 4.16. The van der Waals surface area contributed by atoms with Gasteiger partial charge in [-0.2, -0.15) is 0 Å². The molecule has 0 fully saturated rings. The molecule has 0 aromatic heterocycles. The molecule has 6 N–H and O–H groups in total. The number of hydrogen-bond donors (Lipinski definition) is 4. The van der Waals surface area contributed by atoms with Crippen LogP contribution in [-0.4, -0.2) is 23.2 Å². The smallest absolute Gasteiger partial charge is 0.223 e. The summed E-state index contributed by atoms with van der Waals surface area (Å²) in [6, 6.07) is 0. The molecule has 0 aromatic carbocycles. The maximum atomic E-state index is 9.87. The third-order valence-corrected chi connectivity index (χ3v) is 0.624. The van der Waals surface area contributed by atoms with Crippen molar-refractivity contribution in [1.82, 2.24) is 4.90 Å². The lowest BCUT2D eigenvalue weighted by atomic mass is 10.7. The van der Waals surface area contributed by atoms with Gasteiger partial charge in [-0.05, 0) is 0 Å². The Hall–Kier alpha value is -1.59. The molecule has 0 heterocycles. The van der Waals surface area contributed by atoms with Crippen molar-refractivity contribution >= 4 is 18.3 Å². The maximum absolute atomic E-state index is 9.87. The van der Waals surface area contributed by atoms with Crippen LogP contribution >= 0.6 is 0 Å². The van der Waals surface area contributed by atoms with Gasteiger partial charge in [-0.25, -0.2) is 4.90 Å². The van der Waals surface area contributed by atoms with E-state index in [1.807, 2.05) is 0 Å². The zero-order valence-corrected chi connectivity index (χ0v) is 4.59. The Bertz CT molecular complexity index is 138. The van der Waals surface area contributed by atoms with Crippen molar-refractivity contribution in [3.8, 4) is 0 Å². The Labute approximate surface area is 51.4 Å². The van der Waals surface area contributed by atoms with Gasteiger partial charge in [0.25, 0.3) is 0 Å². The van der Waals surface area contributed by atoms with Crippen molar-refractivity contribution in [3.05, 3.63) is 0 Å². The number of nitrogens with two attached hydrogens (primary N) is 2. The molecule has 6 nitrogen and oxygen atoms in total. The monoisotopic (exact) mass is 129 g/mol. The highest BCUT2D eigenvalue weighted by Crippen LogP contribution is 1.74. The highest BCUT2D eigenvalue weighted by molar-refractivity contribution is 6.03. The lowest BCUT2D eigenvalue weighted by Gasteiger charge is -2.09. The summed E-state index contributed by atoms with van der Waals surface area (Å²) < 4.78 is 0. The first-order valence-electron chi connectivity index (χ1n) is 2.02. The molecule has 0 aliphatic carbocycles. The second-order valence-corrected chi connectivity index (χ2v) is 1.25. The number of nitrogens with one attached hydrogen (secondary N) is 2. The van der Waals surface area contributed by atoms with Crippen molar-refractivity contribution in [2.75, 3.05) is 0 Å². The molecule has 0 bridgehead atoms. The SMILES string of the molecule is N=C(N)N(C=O)C(=N)N. The van der Waals surface area contributed by atoms with Gasteiger partial charge in [0.15, 0.2) is 0 Å². The summed E-state index contributed by atoms with van der Waals surface area (Å²) in [7, 11) is 0. The van der Waals surface area contributed by atoms with Gasteiger partial charge < -0.3 is 11.5 Å². The molecule has 0 rings (SSSR count). The molecule has 9 heavy (non-hydrogen) atoms. The van der Waals surface area contributed by atoms with Crippen LogP contribution in [-0.2, 0) is 4.79 Å². The van der Waals surface area contributed by atoms with Crippen LogP contribution in [0.5, 0.6) is 0 Å². The summed E-state index contributed by atoms with van der Waals surface area (Å²) in [5.74, 6) is -1.12.